The first kappa shape index (κ1) is 24.7. The van der Waals surface area contributed by atoms with Gasteiger partial charge in [-0.3, -0.25) is 4.98 Å². The van der Waals surface area contributed by atoms with Crippen LogP contribution in [-0.2, 0) is 14.6 Å². The predicted octanol–water partition coefficient (Wildman–Crippen LogP) is 0.974. The van der Waals surface area contributed by atoms with Gasteiger partial charge in [0, 0.05) is 22.4 Å². The van der Waals surface area contributed by atoms with E-state index in [4.69, 9.17) is 4.74 Å². The SMILES string of the molecule is O=S(=O)(c1cncc(Br)c1)[C@H]1OC(CO)[C@H](O)[C@H](n2cc(-c3cc(F)c(F)c(F)c3)nn2)C1O. The van der Waals surface area contributed by atoms with Crippen LogP contribution in [0.25, 0.3) is 11.3 Å². The van der Waals surface area contributed by atoms with Gasteiger partial charge >= 0.3 is 0 Å². The Morgan fingerprint density at radius 2 is 1.76 bits per heavy atom. The van der Waals surface area contributed by atoms with E-state index in [0.29, 0.717) is 16.6 Å². The van der Waals surface area contributed by atoms with E-state index in [2.05, 4.69) is 31.2 Å². The highest BCUT2D eigenvalue weighted by Crippen LogP contribution is 2.35. The molecule has 4 rings (SSSR count). The van der Waals surface area contributed by atoms with Gasteiger partial charge in [-0.25, -0.2) is 26.3 Å². The van der Waals surface area contributed by atoms with Gasteiger partial charge in [-0.2, -0.15) is 0 Å². The standard InChI is InChI=1S/C19H16BrF3N4O6S/c20-9-3-10(5-24-4-9)34(31,32)19-18(30)16(17(29)14(7-28)33-19)27-6-13(25-26-27)8-1-11(21)15(23)12(22)2-8/h1-6,14,16-19,28-30H,7H2/t14?,16-,17-,18?,19+/m0/s1. The predicted molar refractivity (Wildman–Crippen MR) is 111 cm³/mol. The van der Waals surface area contributed by atoms with Gasteiger partial charge in [0.2, 0.25) is 9.84 Å². The Morgan fingerprint density at radius 1 is 1.09 bits per heavy atom. The number of benzene rings is 1. The molecule has 1 saturated heterocycles. The summed E-state index contributed by atoms with van der Waals surface area (Å²) in [5.41, 5.74) is -2.29. The minimum atomic E-state index is -4.39. The normalized spacial score (nSPS) is 25.4. The Kier molecular flexibility index (Phi) is 6.76. The molecule has 34 heavy (non-hydrogen) atoms. The van der Waals surface area contributed by atoms with Crippen LogP contribution in [-0.4, -0.2) is 74.1 Å². The third-order valence-electron chi connectivity index (χ3n) is 5.26. The molecule has 0 aliphatic carbocycles. The lowest BCUT2D eigenvalue weighted by Gasteiger charge is -2.41. The zero-order valence-electron chi connectivity index (χ0n) is 16.8. The van der Waals surface area contributed by atoms with Crippen LogP contribution in [0.1, 0.15) is 6.04 Å². The van der Waals surface area contributed by atoms with Gasteiger partial charge in [-0.1, -0.05) is 5.21 Å². The fourth-order valence-electron chi connectivity index (χ4n) is 3.58. The van der Waals surface area contributed by atoms with E-state index in [0.717, 1.165) is 17.1 Å². The molecule has 2 unspecified atom stereocenters. The first-order valence-corrected chi connectivity index (χ1v) is 11.9. The zero-order valence-corrected chi connectivity index (χ0v) is 19.2. The molecule has 3 heterocycles. The van der Waals surface area contributed by atoms with Gasteiger partial charge in [0.25, 0.3) is 0 Å². The molecule has 182 valence electrons. The molecule has 3 aromatic rings. The summed E-state index contributed by atoms with van der Waals surface area (Å²) in [5.74, 6) is -4.61. The molecule has 0 spiro atoms. The number of pyridine rings is 1. The van der Waals surface area contributed by atoms with Gasteiger partial charge in [-0.05, 0) is 34.1 Å². The van der Waals surface area contributed by atoms with E-state index in [9.17, 15) is 36.9 Å². The van der Waals surface area contributed by atoms with Crippen LogP contribution >= 0.6 is 15.9 Å². The van der Waals surface area contributed by atoms with Crippen LogP contribution in [0.4, 0.5) is 13.2 Å². The van der Waals surface area contributed by atoms with E-state index in [-0.39, 0.29) is 16.2 Å². The van der Waals surface area contributed by atoms with Crippen LogP contribution in [0.15, 0.2) is 46.2 Å². The number of aromatic nitrogens is 4. The molecule has 5 atom stereocenters. The molecular weight excluding hydrogens is 549 g/mol. The van der Waals surface area contributed by atoms with Crippen molar-refractivity contribution < 1.29 is 41.6 Å². The van der Waals surface area contributed by atoms with E-state index >= 15 is 0 Å². The summed E-state index contributed by atoms with van der Waals surface area (Å²) in [6.45, 7) is -0.803. The molecule has 15 heteroatoms. The Bertz CT molecular complexity index is 1300. The first-order valence-electron chi connectivity index (χ1n) is 9.58. The maximum absolute atomic E-state index is 13.6. The van der Waals surface area contributed by atoms with Crippen LogP contribution in [0.3, 0.4) is 0 Å². The van der Waals surface area contributed by atoms with Crippen LogP contribution in [0, 0.1) is 17.5 Å². The average Bonchev–Trinajstić information content (AvgIpc) is 3.27. The first-order chi connectivity index (χ1) is 16.0. The summed E-state index contributed by atoms with van der Waals surface area (Å²) >= 11 is 3.11. The van der Waals surface area contributed by atoms with Gasteiger partial charge < -0.3 is 20.1 Å². The molecule has 1 aliphatic rings. The van der Waals surface area contributed by atoms with Crippen molar-refractivity contribution in [2.45, 2.75) is 34.7 Å². The Hall–Kier alpha value is -2.43. The summed E-state index contributed by atoms with van der Waals surface area (Å²) in [5, 5.41) is 38.6. The van der Waals surface area contributed by atoms with Crippen LogP contribution < -0.4 is 0 Å². The zero-order chi connectivity index (χ0) is 24.8. The molecular formula is C19H16BrF3N4O6S. The average molecular weight is 565 g/mol. The van der Waals surface area contributed by atoms with Crippen molar-refractivity contribution >= 4 is 25.8 Å². The van der Waals surface area contributed by atoms with Gasteiger partial charge in [0.1, 0.15) is 30.0 Å². The Morgan fingerprint density at radius 3 is 2.38 bits per heavy atom. The lowest BCUT2D eigenvalue weighted by molar-refractivity contribution is -0.180. The minimum absolute atomic E-state index is 0.153. The third kappa shape index (κ3) is 4.34. The Labute approximate surface area is 198 Å². The summed E-state index contributed by atoms with van der Waals surface area (Å²) in [4.78, 5) is 3.48. The Balaban J connectivity index is 1.73. The number of aliphatic hydroxyl groups is 3. The highest BCUT2D eigenvalue weighted by Gasteiger charge is 2.51. The molecule has 1 aromatic carbocycles. The minimum Gasteiger partial charge on any atom is -0.394 e. The molecule has 0 amide bonds. The molecule has 0 bridgehead atoms. The van der Waals surface area contributed by atoms with E-state index in [1.165, 1.54) is 12.3 Å². The smallest absolute Gasteiger partial charge is 0.209 e. The maximum Gasteiger partial charge on any atom is 0.209 e. The molecule has 1 aliphatic heterocycles. The van der Waals surface area contributed by atoms with Crippen molar-refractivity contribution in [3.8, 4) is 11.3 Å². The molecule has 0 radical (unpaired) electrons. The van der Waals surface area contributed by atoms with Gasteiger partial charge in [-0.15, -0.1) is 5.10 Å². The highest BCUT2D eigenvalue weighted by atomic mass is 79.9. The fourth-order valence-corrected chi connectivity index (χ4v) is 5.68. The lowest BCUT2D eigenvalue weighted by Crippen LogP contribution is -2.58. The highest BCUT2D eigenvalue weighted by molar-refractivity contribution is 9.10. The van der Waals surface area contributed by atoms with Crippen LogP contribution in [0.2, 0.25) is 0 Å². The number of ether oxygens (including phenoxy) is 1. The van der Waals surface area contributed by atoms with Crippen molar-refractivity contribution in [1.82, 2.24) is 20.0 Å². The number of rotatable bonds is 5. The van der Waals surface area contributed by atoms with E-state index < -0.39 is 63.7 Å². The number of sulfone groups is 1. The fraction of sp³-hybridized carbons (Fsp3) is 0.316. The quantitative estimate of drug-likeness (QED) is 0.385. The second-order valence-corrected chi connectivity index (χ2v) is 10.4. The number of aliphatic hydroxyl groups excluding tert-OH is 3. The third-order valence-corrected chi connectivity index (χ3v) is 7.57. The molecule has 3 N–H and O–H groups in total. The topological polar surface area (TPSA) is 148 Å². The van der Waals surface area contributed by atoms with E-state index in [1.54, 1.807) is 0 Å². The molecule has 0 saturated carbocycles. The molecule has 2 aromatic heterocycles. The van der Waals surface area contributed by atoms with Gasteiger partial charge in [0.05, 0.1) is 17.7 Å². The van der Waals surface area contributed by atoms with Crippen molar-refractivity contribution in [2.24, 2.45) is 0 Å². The molecule has 10 nitrogen and oxygen atoms in total. The monoisotopic (exact) mass is 564 g/mol. The summed E-state index contributed by atoms with van der Waals surface area (Å²) in [7, 11) is -4.39. The molecule has 1 fully saturated rings. The number of hydrogen-bond donors (Lipinski definition) is 3. The van der Waals surface area contributed by atoms with E-state index in [1.807, 2.05) is 0 Å². The van der Waals surface area contributed by atoms with Crippen molar-refractivity contribution in [1.29, 1.82) is 0 Å². The van der Waals surface area contributed by atoms with Gasteiger partial charge in [0.15, 0.2) is 22.9 Å². The second kappa shape index (κ2) is 9.31. The number of halogens is 4. The van der Waals surface area contributed by atoms with Crippen molar-refractivity contribution in [3.63, 3.8) is 0 Å². The summed E-state index contributed by atoms with van der Waals surface area (Å²) in [6, 6.07) is 1.08. The van der Waals surface area contributed by atoms with Crippen LogP contribution in [0.5, 0.6) is 0 Å². The largest absolute Gasteiger partial charge is 0.394 e. The van der Waals surface area contributed by atoms with Crippen molar-refractivity contribution in [3.05, 3.63) is 58.7 Å². The number of hydrogen-bond acceptors (Lipinski definition) is 9. The lowest BCUT2D eigenvalue weighted by atomic mass is 9.97. The van der Waals surface area contributed by atoms with Crippen molar-refractivity contribution in [2.75, 3.05) is 6.61 Å². The second-order valence-electron chi connectivity index (χ2n) is 7.42. The maximum atomic E-state index is 13.6. The summed E-state index contributed by atoms with van der Waals surface area (Å²) < 4.78 is 73.4. The summed E-state index contributed by atoms with van der Waals surface area (Å²) in [6.07, 6.45) is -1.55. The number of nitrogens with zero attached hydrogens (tertiary/aromatic N) is 4.